The molecule has 0 amide bonds. The molecule has 2 aromatic rings. The van der Waals surface area contributed by atoms with E-state index in [9.17, 15) is 14.9 Å². The fourth-order valence-electron chi connectivity index (χ4n) is 1.84. The Hall–Kier alpha value is -2.40. The third-order valence-electron chi connectivity index (χ3n) is 2.90. The molecule has 0 aliphatic rings. The van der Waals surface area contributed by atoms with Gasteiger partial charge < -0.3 is 4.74 Å². The van der Waals surface area contributed by atoms with Gasteiger partial charge in [0.2, 0.25) is 0 Å². The number of nitro groups is 1. The van der Waals surface area contributed by atoms with Crippen LogP contribution in [0.5, 0.6) is 5.75 Å². The van der Waals surface area contributed by atoms with Gasteiger partial charge in [0, 0.05) is 11.6 Å². The van der Waals surface area contributed by atoms with Gasteiger partial charge in [-0.2, -0.15) is 0 Å². The molecular formula is C15H12ClNO4. The Kier molecular flexibility index (Phi) is 4.55. The molecule has 2 aromatic carbocycles. The zero-order chi connectivity index (χ0) is 15.4. The summed E-state index contributed by atoms with van der Waals surface area (Å²) in [7, 11) is 0. The molecule has 2 rings (SSSR count). The van der Waals surface area contributed by atoms with Gasteiger partial charge in [0.15, 0.2) is 5.78 Å². The molecule has 0 spiro atoms. The van der Waals surface area contributed by atoms with Crippen LogP contribution in [0.2, 0.25) is 5.02 Å². The van der Waals surface area contributed by atoms with Crippen LogP contribution in [0.15, 0.2) is 42.5 Å². The first-order valence-corrected chi connectivity index (χ1v) is 6.52. The van der Waals surface area contributed by atoms with Crippen LogP contribution in [-0.4, -0.2) is 10.7 Å². The van der Waals surface area contributed by atoms with E-state index in [-0.39, 0.29) is 18.1 Å². The Morgan fingerprint density at radius 2 is 2.00 bits per heavy atom. The highest BCUT2D eigenvalue weighted by atomic mass is 35.5. The summed E-state index contributed by atoms with van der Waals surface area (Å²) in [6.07, 6.45) is 0. The average Bonchev–Trinajstić information content (AvgIpc) is 2.45. The Balaban J connectivity index is 2.16. The molecule has 6 heteroatoms. The number of halogens is 1. The molecule has 0 heterocycles. The van der Waals surface area contributed by atoms with Crippen molar-refractivity contribution in [3.8, 4) is 5.75 Å². The fraction of sp³-hybridized carbons (Fsp3) is 0.133. The van der Waals surface area contributed by atoms with Gasteiger partial charge in [-0.05, 0) is 31.2 Å². The molecule has 0 fully saturated rings. The lowest BCUT2D eigenvalue weighted by Gasteiger charge is -2.08. The Morgan fingerprint density at radius 1 is 1.29 bits per heavy atom. The van der Waals surface area contributed by atoms with Crippen LogP contribution in [0, 0.1) is 10.1 Å². The monoisotopic (exact) mass is 305 g/mol. The third-order valence-corrected chi connectivity index (χ3v) is 3.22. The second kappa shape index (κ2) is 6.37. The summed E-state index contributed by atoms with van der Waals surface area (Å²) in [6, 6.07) is 11.1. The summed E-state index contributed by atoms with van der Waals surface area (Å²) >= 11 is 5.98. The van der Waals surface area contributed by atoms with Gasteiger partial charge in [0.25, 0.3) is 5.69 Å². The minimum atomic E-state index is -0.454. The van der Waals surface area contributed by atoms with Crippen molar-refractivity contribution in [3.05, 3.63) is 68.7 Å². The number of nitrogens with zero attached hydrogens (tertiary/aromatic N) is 1. The molecule has 0 atom stereocenters. The summed E-state index contributed by atoms with van der Waals surface area (Å²) in [5, 5.41) is 11.2. The first kappa shape index (κ1) is 15.0. The lowest BCUT2D eigenvalue weighted by molar-refractivity contribution is -0.385. The number of carbonyl (C=O) groups excluding carboxylic acids is 1. The lowest BCUT2D eigenvalue weighted by atomic mass is 10.1. The predicted octanol–water partition coefficient (Wildman–Crippen LogP) is 4.03. The molecule has 21 heavy (non-hydrogen) atoms. The summed E-state index contributed by atoms with van der Waals surface area (Å²) in [5.74, 6) is 0.313. The van der Waals surface area contributed by atoms with Gasteiger partial charge in [-0.25, -0.2) is 0 Å². The van der Waals surface area contributed by atoms with Crippen molar-refractivity contribution < 1.29 is 14.5 Å². The number of para-hydroxylation sites is 1. The van der Waals surface area contributed by atoms with Gasteiger partial charge >= 0.3 is 0 Å². The Labute approximate surface area is 126 Å². The first-order valence-electron chi connectivity index (χ1n) is 6.14. The minimum Gasteiger partial charge on any atom is -0.489 e. The quantitative estimate of drug-likeness (QED) is 0.475. The molecule has 0 aliphatic heterocycles. The minimum absolute atomic E-state index is 0.00366. The highest BCUT2D eigenvalue weighted by Gasteiger charge is 2.13. The van der Waals surface area contributed by atoms with Crippen LogP contribution in [0.3, 0.4) is 0 Å². The summed E-state index contributed by atoms with van der Waals surface area (Å²) in [6.45, 7) is 1.47. The molecule has 5 nitrogen and oxygen atoms in total. The molecule has 0 saturated heterocycles. The van der Waals surface area contributed by atoms with Crippen LogP contribution in [-0.2, 0) is 6.61 Å². The maximum absolute atomic E-state index is 11.3. The first-order chi connectivity index (χ1) is 9.99. The van der Waals surface area contributed by atoms with Crippen molar-refractivity contribution in [3.63, 3.8) is 0 Å². The fourth-order valence-corrected chi connectivity index (χ4v) is 2.15. The van der Waals surface area contributed by atoms with E-state index < -0.39 is 4.92 Å². The van der Waals surface area contributed by atoms with E-state index in [0.29, 0.717) is 21.9 Å². The van der Waals surface area contributed by atoms with Gasteiger partial charge in [0.1, 0.15) is 12.4 Å². The standard InChI is InChI=1S/C15H12ClNO4/c1-10(18)13-7-6-12(8-14(13)16)21-9-11-4-2-3-5-15(11)17(19)20/h2-8H,9H2,1H3. The van der Waals surface area contributed by atoms with Crippen molar-refractivity contribution in [1.29, 1.82) is 0 Å². The highest BCUT2D eigenvalue weighted by molar-refractivity contribution is 6.34. The lowest BCUT2D eigenvalue weighted by Crippen LogP contribution is -2.01. The molecule has 108 valence electrons. The van der Waals surface area contributed by atoms with E-state index in [4.69, 9.17) is 16.3 Å². The molecule has 0 saturated carbocycles. The van der Waals surface area contributed by atoms with Crippen LogP contribution in [0.1, 0.15) is 22.8 Å². The van der Waals surface area contributed by atoms with Crippen LogP contribution < -0.4 is 4.74 Å². The second-order valence-corrected chi connectivity index (χ2v) is 4.78. The molecular weight excluding hydrogens is 294 g/mol. The van der Waals surface area contributed by atoms with Crippen LogP contribution in [0.4, 0.5) is 5.69 Å². The van der Waals surface area contributed by atoms with E-state index in [2.05, 4.69) is 0 Å². The van der Waals surface area contributed by atoms with E-state index >= 15 is 0 Å². The highest BCUT2D eigenvalue weighted by Crippen LogP contribution is 2.25. The molecule has 0 unspecified atom stereocenters. The van der Waals surface area contributed by atoms with Crippen molar-refractivity contribution in [2.24, 2.45) is 0 Å². The number of ketones is 1. The van der Waals surface area contributed by atoms with Gasteiger partial charge in [0.05, 0.1) is 15.5 Å². The number of ether oxygens (including phenoxy) is 1. The van der Waals surface area contributed by atoms with E-state index in [1.54, 1.807) is 30.3 Å². The topological polar surface area (TPSA) is 69.4 Å². The molecule has 0 N–H and O–H groups in total. The van der Waals surface area contributed by atoms with Crippen molar-refractivity contribution >= 4 is 23.1 Å². The maximum atomic E-state index is 11.3. The number of carbonyl (C=O) groups is 1. The maximum Gasteiger partial charge on any atom is 0.276 e. The number of hydrogen-bond acceptors (Lipinski definition) is 4. The molecule has 0 radical (unpaired) electrons. The number of Topliss-reactive ketones (excluding diaryl/α,β-unsaturated/α-hetero) is 1. The molecule has 0 bridgehead atoms. The van der Waals surface area contributed by atoms with Gasteiger partial charge in [-0.1, -0.05) is 23.7 Å². The zero-order valence-electron chi connectivity index (χ0n) is 11.2. The SMILES string of the molecule is CC(=O)c1ccc(OCc2ccccc2[N+](=O)[O-])cc1Cl. The van der Waals surface area contributed by atoms with Crippen molar-refractivity contribution in [2.45, 2.75) is 13.5 Å². The second-order valence-electron chi connectivity index (χ2n) is 4.37. The van der Waals surface area contributed by atoms with Crippen LogP contribution in [0.25, 0.3) is 0 Å². The summed E-state index contributed by atoms with van der Waals surface area (Å²) in [5.41, 5.74) is 0.882. The summed E-state index contributed by atoms with van der Waals surface area (Å²) in [4.78, 5) is 21.7. The van der Waals surface area contributed by atoms with E-state index in [0.717, 1.165) is 0 Å². The largest absolute Gasteiger partial charge is 0.489 e. The molecule has 0 aromatic heterocycles. The number of benzene rings is 2. The Morgan fingerprint density at radius 3 is 2.62 bits per heavy atom. The van der Waals surface area contributed by atoms with E-state index in [1.165, 1.54) is 19.1 Å². The smallest absolute Gasteiger partial charge is 0.276 e. The van der Waals surface area contributed by atoms with Crippen molar-refractivity contribution in [1.82, 2.24) is 0 Å². The average molecular weight is 306 g/mol. The van der Waals surface area contributed by atoms with E-state index in [1.807, 2.05) is 0 Å². The Bertz CT molecular complexity index is 700. The zero-order valence-corrected chi connectivity index (χ0v) is 12.0. The van der Waals surface area contributed by atoms with Gasteiger partial charge in [-0.15, -0.1) is 0 Å². The van der Waals surface area contributed by atoms with Crippen LogP contribution >= 0.6 is 11.6 Å². The summed E-state index contributed by atoms with van der Waals surface area (Å²) < 4.78 is 5.50. The predicted molar refractivity (Wildman–Crippen MR) is 78.9 cm³/mol. The number of rotatable bonds is 5. The number of hydrogen-bond donors (Lipinski definition) is 0. The molecule has 0 aliphatic carbocycles. The van der Waals surface area contributed by atoms with Gasteiger partial charge in [-0.3, -0.25) is 14.9 Å². The van der Waals surface area contributed by atoms with Crippen molar-refractivity contribution in [2.75, 3.05) is 0 Å². The normalized spacial score (nSPS) is 10.2. The number of nitro benzene ring substituents is 1. The third kappa shape index (κ3) is 3.58.